The van der Waals surface area contributed by atoms with Gasteiger partial charge in [-0.15, -0.1) is 0 Å². The van der Waals surface area contributed by atoms with Crippen LogP contribution in [0.25, 0.3) is 0 Å². The van der Waals surface area contributed by atoms with Crippen LogP contribution in [-0.4, -0.2) is 12.7 Å². The number of halogens is 1. The standard InChI is InChI=1S/C15H16BrNO2/c16-13-5-4-12(15(17-10-18)6-1-7-15)8-14(13)19-9-11-2-3-11/h4-5,8,11H,1-3,6-7,9H2. The first-order valence-corrected chi connectivity index (χ1v) is 7.55. The van der Waals surface area contributed by atoms with E-state index in [1.54, 1.807) is 6.08 Å². The second kappa shape index (κ2) is 5.10. The summed E-state index contributed by atoms with van der Waals surface area (Å²) in [5.74, 6) is 1.58. The fraction of sp³-hybridized carbons (Fsp3) is 0.533. The van der Waals surface area contributed by atoms with Crippen LogP contribution in [-0.2, 0) is 10.3 Å². The first-order chi connectivity index (χ1) is 9.23. The van der Waals surface area contributed by atoms with Crippen LogP contribution in [0.3, 0.4) is 0 Å². The average Bonchev–Trinajstić information content (AvgIpc) is 3.17. The SMILES string of the molecule is O=C=NC1(c2ccc(Br)c(OCC3CC3)c2)CCC1. The Morgan fingerprint density at radius 2 is 2.21 bits per heavy atom. The van der Waals surface area contributed by atoms with Crippen molar-refractivity contribution in [3.63, 3.8) is 0 Å². The molecular weight excluding hydrogens is 306 g/mol. The molecule has 1 aromatic carbocycles. The predicted molar refractivity (Wildman–Crippen MR) is 76.0 cm³/mol. The number of carbonyl (C=O) groups excluding carboxylic acids is 1. The largest absolute Gasteiger partial charge is 0.492 e. The number of isocyanates is 1. The van der Waals surface area contributed by atoms with Gasteiger partial charge >= 0.3 is 0 Å². The maximum absolute atomic E-state index is 10.6. The maximum atomic E-state index is 10.6. The highest BCUT2D eigenvalue weighted by atomic mass is 79.9. The molecule has 1 aromatic rings. The molecular formula is C15H16BrNO2. The van der Waals surface area contributed by atoms with E-state index in [0.29, 0.717) is 0 Å². The molecule has 2 aliphatic rings. The molecule has 100 valence electrons. The first kappa shape index (κ1) is 12.9. The number of hydrogen-bond acceptors (Lipinski definition) is 3. The van der Waals surface area contributed by atoms with Crippen LogP contribution in [0.2, 0.25) is 0 Å². The van der Waals surface area contributed by atoms with Crippen LogP contribution in [0.1, 0.15) is 37.7 Å². The molecule has 0 amide bonds. The molecule has 0 spiro atoms. The topological polar surface area (TPSA) is 38.7 Å². The summed E-state index contributed by atoms with van der Waals surface area (Å²) in [5, 5.41) is 0. The smallest absolute Gasteiger partial charge is 0.235 e. The zero-order valence-corrected chi connectivity index (χ0v) is 12.3. The molecule has 19 heavy (non-hydrogen) atoms. The van der Waals surface area contributed by atoms with Crippen molar-refractivity contribution in [2.24, 2.45) is 10.9 Å². The van der Waals surface area contributed by atoms with Gasteiger partial charge in [-0.1, -0.05) is 6.07 Å². The normalized spacial score (nSPS) is 20.3. The average molecular weight is 322 g/mol. The van der Waals surface area contributed by atoms with Crippen molar-refractivity contribution >= 4 is 22.0 Å². The summed E-state index contributed by atoms with van der Waals surface area (Å²) >= 11 is 3.51. The molecule has 0 radical (unpaired) electrons. The molecule has 0 heterocycles. The van der Waals surface area contributed by atoms with Gasteiger partial charge in [-0.05, 0) is 71.6 Å². The third kappa shape index (κ3) is 2.60. The van der Waals surface area contributed by atoms with Crippen LogP contribution in [0, 0.1) is 5.92 Å². The van der Waals surface area contributed by atoms with E-state index in [9.17, 15) is 4.79 Å². The lowest BCUT2D eigenvalue weighted by Gasteiger charge is -2.37. The van der Waals surface area contributed by atoms with Gasteiger partial charge in [-0.25, -0.2) is 4.79 Å². The number of nitrogens with zero attached hydrogens (tertiary/aromatic N) is 1. The summed E-state index contributed by atoms with van der Waals surface area (Å²) in [7, 11) is 0. The Hall–Kier alpha value is -1.12. The van der Waals surface area contributed by atoms with E-state index in [4.69, 9.17) is 4.74 Å². The minimum atomic E-state index is -0.347. The highest BCUT2D eigenvalue weighted by Crippen LogP contribution is 2.46. The van der Waals surface area contributed by atoms with E-state index < -0.39 is 0 Å². The molecule has 3 rings (SSSR count). The number of aliphatic imine (C=N–C) groups is 1. The fourth-order valence-corrected chi connectivity index (χ4v) is 2.82. The van der Waals surface area contributed by atoms with E-state index in [-0.39, 0.29) is 5.54 Å². The van der Waals surface area contributed by atoms with E-state index in [2.05, 4.69) is 20.9 Å². The highest BCUT2D eigenvalue weighted by Gasteiger charge is 2.39. The molecule has 2 fully saturated rings. The zero-order chi connectivity index (χ0) is 13.3. The Morgan fingerprint density at radius 3 is 2.79 bits per heavy atom. The quantitative estimate of drug-likeness (QED) is 0.608. The van der Waals surface area contributed by atoms with Gasteiger partial charge < -0.3 is 4.74 Å². The summed E-state index contributed by atoms with van der Waals surface area (Å²) in [6.45, 7) is 0.784. The monoisotopic (exact) mass is 321 g/mol. The summed E-state index contributed by atoms with van der Waals surface area (Å²) in [4.78, 5) is 14.7. The summed E-state index contributed by atoms with van der Waals surface area (Å²) < 4.78 is 6.82. The van der Waals surface area contributed by atoms with Crippen molar-refractivity contribution in [1.29, 1.82) is 0 Å². The number of hydrogen-bond donors (Lipinski definition) is 0. The van der Waals surface area contributed by atoms with Gasteiger partial charge in [-0.3, -0.25) is 0 Å². The van der Waals surface area contributed by atoms with Gasteiger partial charge in [0.2, 0.25) is 6.08 Å². The molecule has 0 N–H and O–H groups in total. The Morgan fingerprint density at radius 1 is 1.42 bits per heavy atom. The van der Waals surface area contributed by atoms with Crippen molar-refractivity contribution in [2.75, 3.05) is 6.61 Å². The summed E-state index contributed by atoms with van der Waals surface area (Å²) in [5.41, 5.74) is 0.719. The van der Waals surface area contributed by atoms with Gasteiger partial charge in [0.25, 0.3) is 0 Å². The van der Waals surface area contributed by atoms with E-state index in [1.807, 2.05) is 18.2 Å². The lowest BCUT2D eigenvalue weighted by molar-refractivity contribution is 0.252. The Balaban J connectivity index is 1.84. The van der Waals surface area contributed by atoms with Crippen LogP contribution in [0.15, 0.2) is 27.7 Å². The van der Waals surface area contributed by atoms with Gasteiger partial charge in [0, 0.05) is 0 Å². The van der Waals surface area contributed by atoms with Crippen LogP contribution < -0.4 is 4.74 Å². The van der Waals surface area contributed by atoms with Crippen molar-refractivity contribution in [3.8, 4) is 5.75 Å². The van der Waals surface area contributed by atoms with Gasteiger partial charge in [-0.2, -0.15) is 4.99 Å². The van der Waals surface area contributed by atoms with Crippen LogP contribution in [0.4, 0.5) is 0 Å². The van der Waals surface area contributed by atoms with Crippen molar-refractivity contribution in [1.82, 2.24) is 0 Å². The number of rotatable bonds is 5. The Kier molecular flexibility index (Phi) is 3.46. The first-order valence-electron chi connectivity index (χ1n) is 6.75. The number of ether oxygens (including phenoxy) is 1. The van der Waals surface area contributed by atoms with Gasteiger partial charge in [0.05, 0.1) is 16.6 Å². The Labute approximate surface area is 121 Å². The fourth-order valence-electron chi connectivity index (χ4n) is 2.46. The minimum absolute atomic E-state index is 0.347. The summed E-state index contributed by atoms with van der Waals surface area (Å²) in [6.07, 6.45) is 7.23. The van der Waals surface area contributed by atoms with Crippen molar-refractivity contribution in [2.45, 2.75) is 37.6 Å². The second-order valence-corrected chi connectivity index (χ2v) is 6.34. The van der Waals surface area contributed by atoms with E-state index >= 15 is 0 Å². The van der Waals surface area contributed by atoms with E-state index in [1.165, 1.54) is 12.8 Å². The lowest BCUT2D eigenvalue weighted by atomic mass is 9.72. The van der Waals surface area contributed by atoms with Gasteiger partial charge in [0.1, 0.15) is 5.75 Å². The molecule has 3 nitrogen and oxygen atoms in total. The van der Waals surface area contributed by atoms with Crippen molar-refractivity contribution in [3.05, 3.63) is 28.2 Å². The molecule has 4 heteroatoms. The molecule has 0 atom stereocenters. The molecule has 0 aromatic heterocycles. The summed E-state index contributed by atoms with van der Waals surface area (Å²) in [6, 6.07) is 6.03. The van der Waals surface area contributed by atoms with E-state index in [0.717, 1.165) is 47.6 Å². The second-order valence-electron chi connectivity index (χ2n) is 5.49. The number of benzene rings is 1. The highest BCUT2D eigenvalue weighted by molar-refractivity contribution is 9.10. The third-order valence-electron chi connectivity index (χ3n) is 4.08. The third-order valence-corrected chi connectivity index (χ3v) is 4.74. The molecule has 0 saturated heterocycles. The minimum Gasteiger partial charge on any atom is -0.492 e. The van der Waals surface area contributed by atoms with Crippen LogP contribution >= 0.6 is 15.9 Å². The Bertz CT molecular complexity index is 529. The molecule has 0 unspecified atom stereocenters. The lowest BCUT2D eigenvalue weighted by Crippen LogP contribution is -2.31. The van der Waals surface area contributed by atoms with Crippen molar-refractivity contribution < 1.29 is 9.53 Å². The molecule has 0 aliphatic heterocycles. The van der Waals surface area contributed by atoms with Crippen LogP contribution in [0.5, 0.6) is 5.75 Å². The molecule has 2 saturated carbocycles. The zero-order valence-electron chi connectivity index (χ0n) is 10.7. The molecule has 0 bridgehead atoms. The molecule has 2 aliphatic carbocycles. The predicted octanol–water partition coefficient (Wildman–Crippen LogP) is 3.95. The maximum Gasteiger partial charge on any atom is 0.235 e. The van der Waals surface area contributed by atoms with Gasteiger partial charge in [0.15, 0.2) is 0 Å².